The summed E-state index contributed by atoms with van der Waals surface area (Å²) < 4.78 is 43.7. The van der Waals surface area contributed by atoms with Crippen LogP contribution in [0.25, 0.3) is 16.9 Å². The van der Waals surface area contributed by atoms with E-state index in [9.17, 15) is 13.2 Å². The van der Waals surface area contributed by atoms with E-state index in [0.29, 0.717) is 23.9 Å². The number of nitrogens with zero attached hydrogens (tertiary/aromatic N) is 7. The van der Waals surface area contributed by atoms with Crippen LogP contribution in [0.2, 0.25) is 0 Å². The number of rotatable bonds is 3. The number of imidazole rings is 1. The Balaban J connectivity index is 1.56. The first-order chi connectivity index (χ1) is 13.3. The molecule has 0 radical (unpaired) electrons. The molecule has 1 atom stereocenters. The molecule has 0 unspecified atom stereocenters. The maximum atomic E-state index is 13.3. The molecule has 7 nitrogen and oxygen atoms in total. The molecular weight excluding hydrogens is 371 g/mol. The maximum Gasteiger partial charge on any atom is 0.408 e. The van der Waals surface area contributed by atoms with Gasteiger partial charge in [-0.15, -0.1) is 0 Å². The molecule has 148 valence electrons. The molecule has 0 bridgehead atoms. The van der Waals surface area contributed by atoms with Gasteiger partial charge in [0.25, 0.3) is 0 Å². The lowest BCUT2D eigenvalue weighted by molar-refractivity contribution is -0.159. The Morgan fingerprint density at radius 3 is 2.57 bits per heavy atom. The number of likely N-dealkylation sites (N-methyl/N-ethyl adjacent to an activating group) is 1. The number of aryl methyl sites for hydroxylation is 1. The van der Waals surface area contributed by atoms with E-state index in [2.05, 4.69) is 27.0 Å². The topological polar surface area (TPSA) is 54.5 Å². The molecule has 0 N–H and O–H groups in total. The lowest BCUT2D eigenvalue weighted by Gasteiger charge is -2.42. The Morgan fingerprint density at radius 1 is 1.14 bits per heavy atom. The molecule has 5 rings (SSSR count). The Labute approximate surface area is 159 Å². The number of fused-ring (bicyclic) bond motifs is 1. The van der Waals surface area contributed by atoms with Gasteiger partial charge in [-0.05, 0) is 20.4 Å². The standard InChI is InChI=1S/C18H20F3N7/c1-11-5-22-16-17(26-4-3-15(26)18(19,20)21)24-14(10-27(11)16)12-6-23-28(7-12)13-8-25(2)9-13/h5-7,10,13,15H,3-4,8-9H2,1-2H3/t15-/m1/s1. The Hall–Kier alpha value is -2.62. The molecule has 3 aromatic rings. The van der Waals surface area contributed by atoms with E-state index < -0.39 is 12.2 Å². The van der Waals surface area contributed by atoms with Gasteiger partial charge in [0.2, 0.25) is 0 Å². The van der Waals surface area contributed by atoms with Gasteiger partial charge >= 0.3 is 6.18 Å². The van der Waals surface area contributed by atoms with Crippen LogP contribution >= 0.6 is 0 Å². The van der Waals surface area contributed by atoms with Crippen molar-refractivity contribution in [3.8, 4) is 11.3 Å². The third kappa shape index (κ3) is 2.66. The molecule has 2 fully saturated rings. The van der Waals surface area contributed by atoms with Crippen LogP contribution in [0.4, 0.5) is 19.0 Å². The highest BCUT2D eigenvalue weighted by Gasteiger charge is 2.50. The molecule has 2 aliphatic rings. The molecule has 0 spiro atoms. The molecule has 0 aliphatic carbocycles. The van der Waals surface area contributed by atoms with Crippen molar-refractivity contribution in [3.63, 3.8) is 0 Å². The van der Waals surface area contributed by atoms with Crippen LogP contribution in [-0.4, -0.2) is 67.9 Å². The zero-order valence-electron chi connectivity index (χ0n) is 15.6. The van der Waals surface area contributed by atoms with Gasteiger partial charge in [-0.3, -0.25) is 9.08 Å². The lowest BCUT2D eigenvalue weighted by Crippen LogP contribution is -2.56. The monoisotopic (exact) mass is 391 g/mol. The minimum atomic E-state index is -4.28. The normalized spacial score (nSPS) is 21.2. The van der Waals surface area contributed by atoms with E-state index in [4.69, 9.17) is 0 Å². The third-order valence-electron chi connectivity index (χ3n) is 5.65. The van der Waals surface area contributed by atoms with Crippen LogP contribution < -0.4 is 4.90 Å². The third-order valence-corrected chi connectivity index (χ3v) is 5.65. The fourth-order valence-corrected chi connectivity index (χ4v) is 3.91. The largest absolute Gasteiger partial charge is 0.408 e. The number of alkyl halides is 3. The van der Waals surface area contributed by atoms with Crippen LogP contribution in [0.3, 0.4) is 0 Å². The molecule has 3 aromatic heterocycles. The molecular formula is C18H20F3N7. The van der Waals surface area contributed by atoms with Crippen molar-refractivity contribution >= 4 is 11.5 Å². The van der Waals surface area contributed by atoms with Crippen LogP contribution in [-0.2, 0) is 0 Å². The zero-order valence-corrected chi connectivity index (χ0v) is 15.6. The van der Waals surface area contributed by atoms with Crippen molar-refractivity contribution in [1.29, 1.82) is 0 Å². The van der Waals surface area contributed by atoms with E-state index in [1.54, 1.807) is 16.8 Å². The molecule has 2 aliphatic heterocycles. The van der Waals surface area contributed by atoms with Gasteiger partial charge in [-0.1, -0.05) is 0 Å². The second-order valence-electron chi connectivity index (χ2n) is 7.67. The number of likely N-dealkylation sites (tertiary alicyclic amines) is 1. The Bertz CT molecular complexity index is 1030. The van der Waals surface area contributed by atoms with Crippen molar-refractivity contribution in [2.75, 3.05) is 31.6 Å². The summed E-state index contributed by atoms with van der Waals surface area (Å²) in [5.74, 6) is 0.273. The van der Waals surface area contributed by atoms with Crippen molar-refractivity contribution in [2.45, 2.75) is 31.6 Å². The first kappa shape index (κ1) is 17.5. The van der Waals surface area contributed by atoms with E-state index in [1.165, 1.54) is 4.90 Å². The highest BCUT2D eigenvalue weighted by atomic mass is 19.4. The van der Waals surface area contributed by atoms with Gasteiger partial charge in [0.05, 0.1) is 17.9 Å². The summed E-state index contributed by atoms with van der Waals surface area (Å²) in [7, 11) is 2.05. The average molecular weight is 391 g/mol. The second kappa shape index (κ2) is 5.94. The molecule has 0 saturated carbocycles. The second-order valence-corrected chi connectivity index (χ2v) is 7.67. The predicted molar refractivity (Wildman–Crippen MR) is 97.3 cm³/mol. The van der Waals surface area contributed by atoms with Gasteiger partial charge in [-0.25, -0.2) is 9.97 Å². The van der Waals surface area contributed by atoms with Crippen LogP contribution in [0.15, 0.2) is 24.8 Å². The van der Waals surface area contributed by atoms with Crippen LogP contribution in [0.1, 0.15) is 18.2 Å². The molecule has 0 aromatic carbocycles. The predicted octanol–water partition coefficient (Wildman–Crippen LogP) is 2.53. The Morgan fingerprint density at radius 2 is 1.93 bits per heavy atom. The number of anilines is 1. The van der Waals surface area contributed by atoms with Crippen LogP contribution in [0, 0.1) is 6.92 Å². The van der Waals surface area contributed by atoms with Crippen molar-refractivity contribution in [3.05, 3.63) is 30.5 Å². The number of hydrogen-bond donors (Lipinski definition) is 0. The molecule has 28 heavy (non-hydrogen) atoms. The van der Waals surface area contributed by atoms with E-state index >= 15 is 0 Å². The van der Waals surface area contributed by atoms with Crippen molar-refractivity contribution in [2.24, 2.45) is 0 Å². The molecule has 10 heteroatoms. The van der Waals surface area contributed by atoms with Crippen molar-refractivity contribution in [1.82, 2.24) is 29.0 Å². The van der Waals surface area contributed by atoms with Crippen LogP contribution in [0.5, 0.6) is 0 Å². The van der Waals surface area contributed by atoms with Gasteiger partial charge in [-0.2, -0.15) is 18.3 Å². The van der Waals surface area contributed by atoms with Gasteiger partial charge < -0.3 is 9.80 Å². The summed E-state index contributed by atoms with van der Waals surface area (Å²) in [5.41, 5.74) is 2.67. The number of hydrogen-bond acceptors (Lipinski definition) is 5. The highest BCUT2D eigenvalue weighted by Crippen LogP contribution is 2.38. The summed E-state index contributed by atoms with van der Waals surface area (Å²) in [6.45, 7) is 4.05. The lowest BCUT2D eigenvalue weighted by atomic mass is 10.0. The van der Waals surface area contributed by atoms with Crippen molar-refractivity contribution < 1.29 is 13.2 Å². The average Bonchev–Trinajstić information content (AvgIpc) is 3.17. The van der Waals surface area contributed by atoms with Gasteiger partial charge in [0.1, 0.15) is 6.04 Å². The summed E-state index contributed by atoms with van der Waals surface area (Å²) in [5, 5.41) is 4.43. The fourth-order valence-electron chi connectivity index (χ4n) is 3.91. The van der Waals surface area contributed by atoms with E-state index in [0.717, 1.165) is 24.3 Å². The maximum absolute atomic E-state index is 13.3. The summed E-state index contributed by atoms with van der Waals surface area (Å²) >= 11 is 0. The summed E-state index contributed by atoms with van der Waals surface area (Å²) in [4.78, 5) is 12.4. The quantitative estimate of drug-likeness (QED) is 0.687. The first-order valence-corrected chi connectivity index (χ1v) is 9.22. The number of halogens is 3. The Kier molecular flexibility index (Phi) is 3.71. The molecule has 5 heterocycles. The smallest absolute Gasteiger partial charge is 0.341 e. The minimum absolute atomic E-state index is 0.0778. The van der Waals surface area contributed by atoms with E-state index in [1.807, 2.05) is 24.0 Å². The van der Waals surface area contributed by atoms with Gasteiger partial charge in [0.15, 0.2) is 11.5 Å². The molecule has 2 saturated heterocycles. The zero-order chi connectivity index (χ0) is 19.6. The first-order valence-electron chi connectivity index (χ1n) is 9.22. The van der Waals surface area contributed by atoms with Gasteiger partial charge in [0, 0.05) is 49.5 Å². The summed E-state index contributed by atoms with van der Waals surface area (Å²) in [6, 6.07) is -1.19. The number of aromatic nitrogens is 5. The van der Waals surface area contributed by atoms with E-state index in [-0.39, 0.29) is 12.2 Å². The summed E-state index contributed by atoms with van der Waals surface area (Å²) in [6.07, 6.45) is 2.90. The SMILES string of the molecule is Cc1cnc2c(N3CC[C@@H]3C(F)(F)F)nc(-c3cnn(C4CN(C)C4)c3)cn12. The minimum Gasteiger partial charge on any atom is -0.341 e. The fraction of sp³-hybridized carbons (Fsp3) is 0.500. The molecule has 0 amide bonds. The highest BCUT2D eigenvalue weighted by molar-refractivity contribution is 5.71.